The highest BCUT2D eigenvalue weighted by atomic mass is 16.5. The summed E-state index contributed by atoms with van der Waals surface area (Å²) in [5, 5.41) is 2.90. The van der Waals surface area contributed by atoms with Crippen LogP contribution in [0.2, 0.25) is 0 Å². The number of nitrogens with one attached hydrogen (secondary N) is 1. The fourth-order valence-electron chi connectivity index (χ4n) is 1.90. The molecule has 0 spiro atoms. The topological polar surface area (TPSA) is 47.6 Å². The van der Waals surface area contributed by atoms with Crippen molar-refractivity contribution in [2.24, 2.45) is 5.92 Å². The third-order valence-electron chi connectivity index (χ3n) is 2.91. The Morgan fingerprint density at radius 2 is 2.35 bits per heavy atom. The fraction of sp³-hybridized carbons (Fsp3) is 0.462. The van der Waals surface area contributed by atoms with Crippen molar-refractivity contribution < 1.29 is 14.3 Å². The van der Waals surface area contributed by atoms with Gasteiger partial charge < -0.3 is 14.8 Å². The van der Waals surface area contributed by atoms with Crippen LogP contribution < -0.4 is 10.1 Å². The molecular weight excluding hydrogens is 218 g/mol. The predicted octanol–water partition coefficient (Wildman–Crippen LogP) is 1.98. The van der Waals surface area contributed by atoms with Gasteiger partial charge in [-0.2, -0.15) is 0 Å². The molecule has 92 valence electrons. The fourth-order valence-corrected chi connectivity index (χ4v) is 1.90. The normalized spacial score (nSPS) is 19.1. The van der Waals surface area contributed by atoms with Crippen LogP contribution in [0.4, 0.5) is 5.69 Å². The molecule has 1 aromatic rings. The number of hydrogen-bond donors (Lipinski definition) is 1. The van der Waals surface area contributed by atoms with Gasteiger partial charge in [0.05, 0.1) is 25.3 Å². The molecule has 1 fully saturated rings. The van der Waals surface area contributed by atoms with Crippen molar-refractivity contribution in [1.82, 2.24) is 0 Å². The van der Waals surface area contributed by atoms with Crippen LogP contribution in [0.3, 0.4) is 0 Å². The molecule has 17 heavy (non-hydrogen) atoms. The SMILES string of the molecule is COc1ccc(C)cc1NC(=O)C1CCOC1. The van der Waals surface area contributed by atoms with Crippen molar-refractivity contribution in [3.63, 3.8) is 0 Å². The lowest BCUT2D eigenvalue weighted by Crippen LogP contribution is -2.23. The van der Waals surface area contributed by atoms with E-state index in [4.69, 9.17) is 9.47 Å². The van der Waals surface area contributed by atoms with Gasteiger partial charge in [-0.3, -0.25) is 4.79 Å². The first-order valence-corrected chi connectivity index (χ1v) is 5.74. The molecule has 1 aliphatic rings. The van der Waals surface area contributed by atoms with Crippen molar-refractivity contribution in [3.05, 3.63) is 23.8 Å². The minimum Gasteiger partial charge on any atom is -0.495 e. The molecule has 1 heterocycles. The number of ether oxygens (including phenoxy) is 2. The summed E-state index contributed by atoms with van der Waals surface area (Å²) < 4.78 is 10.4. The zero-order valence-corrected chi connectivity index (χ0v) is 10.2. The van der Waals surface area contributed by atoms with Gasteiger partial charge in [-0.25, -0.2) is 0 Å². The smallest absolute Gasteiger partial charge is 0.230 e. The molecule has 0 aliphatic carbocycles. The van der Waals surface area contributed by atoms with Gasteiger partial charge in [0.15, 0.2) is 0 Å². The molecule has 1 N–H and O–H groups in total. The summed E-state index contributed by atoms with van der Waals surface area (Å²) in [5.74, 6) is 0.648. The van der Waals surface area contributed by atoms with Gasteiger partial charge in [-0.05, 0) is 31.0 Å². The average Bonchev–Trinajstić information content (AvgIpc) is 2.83. The Kier molecular flexibility index (Phi) is 3.64. The molecule has 2 rings (SSSR count). The molecule has 0 saturated carbocycles. The Hall–Kier alpha value is -1.55. The van der Waals surface area contributed by atoms with Gasteiger partial charge >= 0.3 is 0 Å². The van der Waals surface area contributed by atoms with Crippen molar-refractivity contribution >= 4 is 11.6 Å². The number of carbonyl (C=O) groups is 1. The molecule has 4 nitrogen and oxygen atoms in total. The first-order chi connectivity index (χ1) is 8.20. The first-order valence-electron chi connectivity index (χ1n) is 5.74. The van der Waals surface area contributed by atoms with E-state index in [1.54, 1.807) is 7.11 Å². The largest absolute Gasteiger partial charge is 0.495 e. The van der Waals surface area contributed by atoms with Crippen molar-refractivity contribution in [2.75, 3.05) is 25.6 Å². The summed E-state index contributed by atoms with van der Waals surface area (Å²) in [6, 6.07) is 5.72. The van der Waals surface area contributed by atoms with Gasteiger partial charge in [0.2, 0.25) is 5.91 Å². The maximum absolute atomic E-state index is 11.9. The van der Waals surface area contributed by atoms with Crippen molar-refractivity contribution in [2.45, 2.75) is 13.3 Å². The first kappa shape index (κ1) is 11.9. The van der Waals surface area contributed by atoms with E-state index in [9.17, 15) is 4.79 Å². The summed E-state index contributed by atoms with van der Waals surface area (Å²) in [6.45, 7) is 3.16. The maximum Gasteiger partial charge on any atom is 0.230 e. The van der Waals surface area contributed by atoms with Gasteiger partial charge in [-0.15, -0.1) is 0 Å². The van der Waals surface area contributed by atoms with Crippen LogP contribution in [-0.2, 0) is 9.53 Å². The van der Waals surface area contributed by atoms with E-state index in [-0.39, 0.29) is 11.8 Å². The van der Waals surface area contributed by atoms with E-state index in [1.165, 1.54) is 0 Å². The summed E-state index contributed by atoms with van der Waals surface area (Å²) in [7, 11) is 1.60. The van der Waals surface area contributed by atoms with Crippen LogP contribution in [-0.4, -0.2) is 26.2 Å². The Morgan fingerprint density at radius 1 is 1.53 bits per heavy atom. The van der Waals surface area contributed by atoms with Crippen molar-refractivity contribution in [1.29, 1.82) is 0 Å². The van der Waals surface area contributed by atoms with Crippen molar-refractivity contribution in [3.8, 4) is 5.75 Å². The summed E-state index contributed by atoms with van der Waals surface area (Å²) in [5.41, 5.74) is 1.81. The summed E-state index contributed by atoms with van der Waals surface area (Å²) in [4.78, 5) is 11.9. The van der Waals surface area contributed by atoms with Crippen LogP contribution in [0.1, 0.15) is 12.0 Å². The Bertz CT molecular complexity index is 411. The number of carbonyl (C=O) groups excluding carboxylic acids is 1. The zero-order valence-electron chi connectivity index (χ0n) is 10.2. The minimum absolute atomic E-state index is 0.00593. The number of methoxy groups -OCH3 is 1. The zero-order chi connectivity index (χ0) is 12.3. The molecule has 0 bridgehead atoms. The van der Waals surface area contributed by atoms with E-state index < -0.39 is 0 Å². The quantitative estimate of drug-likeness (QED) is 0.871. The Morgan fingerprint density at radius 3 is 3.00 bits per heavy atom. The number of amides is 1. The number of aryl methyl sites for hydroxylation is 1. The molecule has 0 radical (unpaired) electrons. The van der Waals surface area contributed by atoms with Gasteiger partial charge in [0.25, 0.3) is 0 Å². The Labute approximate surface area is 101 Å². The lowest BCUT2D eigenvalue weighted by molar-refractivity contribution is -0.119. The third kappa shape index (κ3) is 2.77. The molecule has 1 saturated heterocycles. The van der Waals surface area contributed by atoms with E-state index in [1.807, 2.05) is 25.1 Å². The van der Waals surface area contributed by atoms with Crippen LogP contribution in [0, 0.1) is 12.8 Å². The lowest BCUT2D eigenvalue weighted by Gasteiger charge is -2.13. The predicted molar refractivity (Wildman–Crippen MR) is 65.3 cm³/mol. The number of hydrogen-bond acceptors (Lipinski definition) is 3. The van der Waals surface area contributed by atoms with Gasteiger partial charge in [-0.1, -0.05) is 6.07 Å². The van der Waals surface area contributed by atoms with Crippen LogP contribution in [0.25, 0.3) is 0 Å². The highest BCUT2D eigenvalue weighted by molar-refractivity contribution is 5.94. The molecule has 4 heteroatoms. The molecule has 1 unspecified atom stereocenters. The Balaban J connectivity index is 2.11. The number of benzene rings is 1. The van der Waals surface area contributed by atoms with Gasteiger partial charge in [0.1, 0.15) is 5.75 Å². The molecule has 0 aromatic heterocycles. The second-order valence-corrected chi connectivity index (χ2v) is 4.25. The minimum atomic E-state index is -0.0415. The third-order valence-corrected chi connectivity index (χ3v) is 2.91. The second kappa shape index (κ2) is 5.19. The van der Waals surface area contributed by atoms with Crippen LogP contribution in [0.15, 0.2) is 18.2 Å². The summed E-state index contributed by atoms with van der Waals surface area (Å²) >= 11 is 0. The highest BCUT2D eigenvalue weighted by Gasteiger charge is 2.24. The molecule has 1 aromatic carbocycles. The molecule has 1 amide bonds. The lowest BCUT2D eigenvalue weighted by atomic mass is 10.1. The van der Waals surface area contributed by atoms with Crippen LogP contribution >= 0.6 is 0 Å². The maximum atomic E-state index is 11.9. The van der Waals surface area contributed by atoms with Gasteiger partial charge in [0, 0.05) is 6.61 Å². The second-order valence-electron chi connectivity index (χ2n) is 4.25. The van der Waals surface area contributed by atoms with E-state index in [2.05, 4.69) is 5.32 Å². The number of anilines is 1. The standard InChI is InChI=1S/C13H17NO3/c1-9-3-4-12(16-2)11(7-9)14-13(15)10-5-6-17-8-10/h3-4,7,10H,5-6,8H2,1-2H3,(H,14,15). The van der Waals surface area contributed by atoms with Crippen LogP contribution in [0.5, 0.6) is 5.75 Å². The van der Waals surface area contributed by atoms with E-state index in [0.717, 1.165) is 17.7 Å². The molecule has 1 aliphatic heterocycles. The highest BCUT2D eigenvalue weighted by Crippen LogP contribution is 2.26. The number of rotatable bonds is 3. The molecular formula is C13H17NO3. The molecule has 1 atom stereocenters. The van der Waals surface area contributed by atoms with E-state index >= 15 is 0 Å². The summed E-state index contributed by atoms with van der Waals surface area (Å²) in [6.07, 6.45) is 0.792. The van der Waals surface area contributed by atoms with E-state index in [0.29, 0.717) is 19.0 Å². The monoisotopic (exact) mass is 235 g/mol. The average molecular weight is 235 g/mol.